The van der Waals surface area contributed by atoms with E-state index in [2.05, 4.69) is 20.8 Å². The molecule has 2 N–H and O–H groups in total. The Labute approximate surface area is 165 Å². The summed E-state index contributed by atoms with van der Waals surface area (Å²) in [6.07, 6.45) is 7.46. The van der Waals surface area contributed by atoms with Crippen LogP contribution < -0.4 is 20.1 Å². The van der Waals surface area contributed by atoms with Gasteiger partial charge in [0, 0.05) is 6.04 Å². The van der Waals surface area contributed by atoms with Crippen molar-refractivity contribution in [2.75, 3.05) is 25.6 Å². The Morgan fingerprint density at radius 2 is 1.71 bits per heavy atom. The molecule has 0 radical (unpaired) electrons. The Bertz CT molecular complexity index is 726. The van der Waals surface area contributed by atoms with E-state index >= 15 is 0 Å². The Hall–Kier alpha value is -2.83. The predicted octanol–water partition coefficient (Wildman–Crippen LogP) is 3.43. The molecule has 3 rings (SSSR count). The van der Waals surface area contributed by atoms with E-state index in [-0.39, 0.29) is 5.91 Å². The van der Waals surface area contributed by atoms with E-state index in [0.717, 1.165) is 30.2 Å². The molecule has 0 unspecified atom stereocenters. The number of rotatable bonds is 8. The van der Waals surface area contributed by atoms with Crippen LogP contribution in [0.5, 0.6) is 11.5 Å². The predicted molar refractivity (Wildman–Crippen MR) is 108 cm³/mol. The molecule has 1 amide bonds. The third-order valence-corrected chi connectivity index (χ3v) is 4.82. The Kier molecular flexibility index (Phi) is 7.46. The molecule has 0 aliphatic heterocycles. The lowest BCUT2D eigenvalue weighted by atomic mass is 10.1. The van der Waals surface area contributed by atoms with Crippen molar-refractivity contribution in [3.63, 3.8) is 0 Å². The first kappa shape index (κ1) is 19.9. The molecule has 1 aromatic heterocycles. The molecule has 0 spiro atoms. The molecule has 2 aromatic rings. The van der Waals surface area contributed by atoms with Crippen LogP contribution in [0.25, 0.3) is 0 Å². The van der Waals surface area contributed by atoms with Crippen LogP contribution in [0.15, 0.2) is 36.4 Å². The third kappa shape index (κ3) is 6.11. The van der Waals surface area contributed by atoms with Gasteiger partial charge in [0.2, 0.25) is 0 Å². The van der Waals surface area contributed by atoms with Crippen molar-refractivity contribution in [1.82, 2.24) is 15.5 Å². The van der Waals surface area contributed by atoms with Crippen LogP contribution in [0, 0.1) is 0 Å². The molecule has 1 aromatic carbocycles. The normalized spacial score (nSPS) is 14.8. The van der Waals surface area contributed by atoms with E-state index in [0.29, 0.717) is 24.9 Å². The molecule has 1 saturated carbocycles. The fourth-order valence-electron chi connectivity index (χ4n) is 3.26. The molecule has 7 nitrogen and oxygen atoms in total. The van der Waals surface area contributed by atoms with Crippen molar-refractivity contribution in [2.45, 2.75) is 44.6 Å². The van der Waals surface area contributed by atoms with E-state index in [1.54, 1.807) is 13.2 Å². The van der Waals surface area contributed by atoms with E-state index in [1.807, 2.05) is 30.3 Å². The first-order valence-electron chi connectivity index (χ1n) is 9.90. The van der Waals surface area contributed by atoms with Gasteiger partial charge in [0.05, 0.1) is 13.7 Å². The second-order valence-corrected chi connectivity index (χ2v) is 6.92. The first-order valence-corrected chi connectivity index (χ1v) is 9.90. The number of carbonyl (C=O) groups is 1. The van der Waals surface area contributed by atoms with Gasteiger partial charge < -0.3 is 20.1 Å². The van der Waals surface area contributed by atoms with Gasteiger partial charge in [0.25, 0.3) is 5.91 Å². The van der Waals surface area contributed by atoms with Crippen LogP contribution in [0.2, 0.25) is 0 Å². The minimum absolute atomic E-state index is 0.258. The van der Waals surface area contributed by atoms with E-state index < -0.39 is 0 Å². The maximum atomic E-state index is 12.2. The lowest BCUT2D eigenvalue weighted by molar-refractivity contribution is 0.0941. The van der Waals surface area contributed by atoms with Gasteiger partial charge in [-0.2, -0.15) is 0 Å². The number of carbonyl (C=O) groups excluding carboxylic acids is 1. The number of anilines is 1. The second-order valence-electron chi connectivity index (χ2n) is 6.92. The number of benzene rings is 1. The average Bonchev–Trinajstić information content (AvgIpc) is 3.01. The molecule has 28 heavy (non-hydrogen) atoms. The van der Waals surface area contributed by atoms with Crippen LogP contribution in [-0.2, 0) is 0 Å². The number of aromatic nitrogens is 2. The molecule has 150 valence electrons. The zero-order valence-electron chi connectivity index (χ0n) is 16.3. The summed E-state index contributed by atoms with van der Waals surface area (Å²) in [4.78, 5) is 12.2. The molecule has 1 aliphatic carbocycles. The number of nitrogens with one attached hydrogen (secondary N) is 2. The smallest absolute Gasteiger partial charge is 0.271 e. The molecular formula is C21H28N4O3. The largest absolute Gasteiger partial charge is 0.497 e. The molecule has 7 heteroatoms. The third-order valence-electron chi connectivity index (χ3n) is 4.82. The van der Waals surface area contributed by atoms with Crippen molar-refractivity contribution in [2.24, 2.45) is 0 Å². The summed E-state index contributed by atoms with van der Waals surface area (Å²) < 4.78 is 10.7. The summed E-state index contributed by atoms with van der Waals surface area (Å²) in [5, 5.41) is 14.4. The summed E-state index contributed by atoms with van der Waals surface area (Å²) >= 11 is 0. The Morgan fingerprint density at radius 1 is 1.00 bits per heavy atom. The Morgan fingerprint density at radius 3 is 2.36 bits per heavy atom. The van der Waals surface area contributed by atoms with Crippen molar-refractivity contribution in [3.8, 4) is 11.5 Å². The zero-order chi connectivity index (χ0) is 19.6. The first-order chi connectivity index (χ1) is 13.7. The monoisotopic (exact) mass is 384 g/mol. The van der Waals surface area contributed by atoms with E-state index in [9.17, 15) is 4.79 Å². The van der Waals surface area contributed by atoms with Crippen molar-refractivity contribution < 1.29 is 14.3 Å². The van der Waals surface area contributed by atoms with Gasteiger partial charge in [-0.15, -0.1) is 10.2 Å². The standard InChI is InChI=1S/C21H28N4O3/c1-27-17-8-10-18(11-9-17)28-15-14-22-21(26)19-12-13-20(25-24-19)23-16-6-4-2-3-5-7-16/h8-13,16H,2-7,14-15H2,1H3,(H,22,26)(H,23,25). The molecular weight excluding hydrogens is 356 g/mol. The van der Waals surface area contributed by atoms with E-state index in [1.165, 1.54) is 25.7 Å². The van der Waals surface area contributed by atoms with Crippen LogP contribution in [0.3, 0.4) is 0 Å². The van der Waals surface area contributed by atoms with Crippen LogP contribution >= 0.6 is 0 Å². The summed E-state index contributed by atoms with van der Waals surface area (Å²) in [7, 11) is 1.62. The van der Waals surface area contributed by atoms with Gasteiger partial charge in [0.15, 0.2) is 5.69 Å². The van der Waals surface area contributed by atoms with Crippen LogP contribution in [-0.4, -0.2) is 42.4 Å². The Balaban J connectivity index is 1.40. The molecule has 0 bridgehead atoms. The van der Waals surface area contributed by atoms with Gasteiger partial charge in [-0.1, -0.05) is 25.7 Å². The molecule has 1 aliphatic rings. The molecule has 0 atom stereocenters. The number of methoxy groups -OCH3 is 1. The maximum absolute atomic E-state index is 12.2. The average molecular weight is 384 g/mol. The van der Waals surface area contributed by atoms with Crippen molar-refractivity contribution >= 4 is 11.7 Å². The molecule has 1 fully saturated rings. The summed E-state index contributed by atoms with van der Waals surface area (Å²) in [6, 6.07) is 11.3. The SMILES string of the molecule is COc1ccc(OCCNC(=O)c2ccc(NC3CCCCCC3)nn2)cc1. The quantitative estimate of drug-likeness (QED) is 0.536. The fraction of sp³-hybridized carbons (Fsp3) is 0.476. The van der Waals surface area contributed by atoms with Crippen LogP contribution in [0.4, 0.5) is 5.82 Å². The summed E-state index contributed by atoms with van der Waals surface area (Å²) in [5.41, 5.74) is 0.302. The molecule has 0 saturated heterocycles. The second kappa shape index (κ2) is 10.5. The summed E-state index contributed by atoms with van der Waals surface area (Å²) in [5.74, 6) is 1.97. The zero-order valence-corrected chi connectivity index (χ0v) is 16.3. The number of hydrogen-bond acceptors (Lipinski definition) is 6. The summed E-state index contributed by atoms with van der Waals surface area (Å²) in [6.45, 7) is 0.751. The fourth-order valence-corrected chi connectivity index (χ4v) is 3.26. The minimum atomic E-state index is -0.258. The van der Waals surface area contributed by atoms with Gasteiger partial charge in [-0.3, -0.25) is 4.79 Å². The highest BCUT2D eigenvalue weighted by Crippen LogP contribution is 2.20. The maximum Gasteiger partial charge on any atom is 0.271 e. The van der Waals surface area contributed by atoms with Gasteiger partial charge in [-0.25, -0.2) is 0 Å². The number of amides is 1. The highest BCUT2D eigenvalue weighted by molar-refractivity contribution is 5.92. The lowest BCUT2D eigenvalue weighted by Crippen LogP contribution is -2.29. The van der Waals surface area contributed by atoms with Crippen molar-refractivity contribution in [1.29, 1.82) is 0 Å². The number of ether oxygens (including phenoxy) is 2. The highest BCUT2D eigenvalue weighted by Gasteiger charge is 2.13. The van der Waals surface area contributed by atoms with Gasteiger partial charge in [-0.05, 0) is 49.2 Å². The van der Waals surface area contributed by atoms with Gasteiger partial charge in [0.1, 0.15) is 23.9 Å². The minimum Gasteiger partial charge on any atom is -0.497 e. The van der Waals surface area contributed by atoms with E-state index in [4.69, 9.17) is 9.47 Å². The topological polar surface area (TPSA) is 85.4 Å². The highest BCUT2D eigenvalue weighted by atomic mass is 16.5. The molecule has 1 heterocycles. The van der Waals surface area contributed by atoms with Crippen LogP contribution in [0.1, 0.15) is 49.0 Å². The lowest BCUT2D eigenvalue weighted by Gasteiger charge is -2.16. The number of nitrogens with zero attached hydrogens (tertiary/aromatic N) is 2. The van der Waals surface area contributed by atoms with Gasteiger partial charge >= 0.3 is 0 Å². The number of hydrogen-bond donors (Lipinski definition) is 2. The van der Waals surface area contributed by atoms with Crippen molar-refractivity contribution in [3.05, 3.63) is 42.1 Å².